The number of nitrogens with two attached hydrogens (primary N) is 1. The molecule has 0 saturated carbocycles. The van der Waals surface area contributed by atoms with Crippen LogP contribution < -0.4 is 5.73 Å². The van der Waals surface area contributed by atoms with E-state index in [1.54, 1.807) is 32.5 Å². The average molecular weight is 196 g/mol. The molecule has 3 N–H and O–H groups in total. The summed E-state index contributed by atoms with van der Waals surface area (Å²) in [5, 5.41) is 10.1. The van der Waals surface area contributed by atoms with Gasteiger partial charge < -0.3 is 15.6 Å². The van der Waals surface area contributed by atoms with E-state index in [1.807, 2.05) is 0 Å². The van der Waals surface area contributed by atoms with Crippen molar-refractivity contribution in [2.45, 2.75) is 18.9 Å². The molecule has 1 rings (SSSR count). The molecule has 0 amide bonds. The molecule has 0 fully saturated rings. The molecule has 4 nitrogen and oxygen atoms in total. The summed E-state index contributed by atoms with van der Waals surface area (Å²) in [7, 11) is 1.60. The van der Waals surface area contributed by atoms with E-state index in [4.69, 9.17) is 10.5 Å². The summed E-state index contributed by atoms with van der Waals surface area (Å²) in [6.45, 7) is 2.20. The number of pyridine rings is 1. The Labute approximate surface area is 83.7 Å². The maximum absolute atomic E-state index is 10.1. The third-order valence-electron chi connectivity index (χ3n) is 2.23. The second kappa shape index (κ2) is 4.39. The van der Waals surface area contributed by atoms with E-state index in [1.165, 1.54) is 0 Å². The summed E-state index contributed by atoms with van der Waals surface area (Å²) < 4.78 is 4.92. The predicted octanol–water partition coefficient (Wildman–Crippen LogP) is 0.908. The Morgan fingerprint density at radius 3 is 2.93 bits per heavy atom. The normalized spacial score (nSPS) is 15.1. The first kappa shape index (κ1) is 10.9. The number of anilines is 1. The van der Waals surface area contributed by atoms with E-state index in [0.717, 1.165) is 0 Å². The number of nitrogen functional groups attached to an aromatic ring is 1. The third kappa shape index (κ3) is 2.43. The number of rotatable bonds is 4. The Bertz CT molecular complexity index is 300. The van der Waals surface area contributed by atoms with Gasteiger partial charge in [0.1, 0.15) is 0 Å². The van der Waals surface area contributed by atoms with Crippen molar-refractivity contribution in [2.24, 2.45) is 0 Å². The molecule has 1 heterocycles. The van der Waals surface area contributed by atoms with Gasteiger partial charge in [-0.3, -0.25) is 4.98 Å². The van der Waals surface area contributed by atoms with Crippen LogP contribution in [0.1, 0.15) is 18.9 Å². The molecule has 14 heavy (non-hydrogen) atoms. The minimum atomic E-state index is -0.978. The molecule has 0 aromatic carbocycles. The third-order valence-corrected chi connectivity index (χ3v) is 2.23. The highest BCUT2D eigenvalue weighted by Crippen LogP contribution is 2.27. The Kier molecular flexibility index (Phi) is 3.43. The number of methoxy groups -OCH3 is 1. The van der Waals surface area contributed by atoms with Gasteiger partial charge in [-0.1, -0.05) is 0 Å². The first-order valence-electron chi connectivity index (χ1n) is 4.49. The fourth-order valence-corrected chi connectivity index (χ4v) is 1.29. The van der Waals surface area contributed by atoms with Crippen molar-refractivity contribution in [3.05, 3.63) is 24.0 Å². The SMILES string of the molecule is COCCC(C)(O)c1cnccc1N. The first-order valence-corrected chi connectivity index (χ1v) is 4.49. The Hall–Kier alpha value is -1.13. The van der Waals surface area contributed by atoms with Gasteiger partial charge in [-0.05, 0) is 13.0 Å². The molecule has 0 aliphatic carbocycles. The zero-order chi connectivity index (χ0) is 10.6. The van der Waals surface area contributed by atoms with Crippen molar-refractivity contribution in [1.82, 2.24) is 4.98 Å². The van der Waals surface area contributed by atoms with E-state index in [9.17, 15) is 5.11 Å². The summed E-state index contributed by atoms with van der Waals surface area (Å²) in [5.41, 5.74) is 5.97. The van der Waals surface area contributed by atoms with Crippen LogP contribution in [0.3, 0.4) is 0 Å². The quantitative estimate of drug-likeness (QED) is 0.751. The van der Waals surface area contributed by atoms with Gasteiger partial charge in [0, 0.05) is 43.8 Å². The molecule has 0 aliphatic rings. The van der Waals surface area contributed by atoms with Crippen molar-refractivity contribution in [3.8, 4) is 0 Å². The van der Waals surface area contributed by atoms with Gasteiger partial charge in [-0.2, -0.15) is 0 Å². The molecular weight excluding hydrogens is 180 g/mol. The van der Waals surface area contributed by atoms with Crippen LogP contribution in [-0.4, -0.2) is 23.8 Å². The minimum Gasteiger partial charge on any atom is -0.398 e. The predicted molar refractivity (Wildman–Crippen MR) is 54.7 cm³/mol. The van der Waals surface area contributed by atoms with E-state index in [0.29, 0.717) is 24.3 Å². The molecule has 1 aromatic heterocycles. The smallest absolute Gasteiger partial charge is 0.0925 e. The summed E-state index contributed by atoms with van der Waals surface area (Å²) in [5.74, 6) is 0. The molecule has 0 bridgehead atoms. The largest absolute Gasteiger partial charge is 0.398 e. The topological polar surface area (TPSA) is 68.4 Å². The summed E-state index contributed by atoms with van der Waals surface area (Å²) in [6, 6.07) is 1.68. The standard InChI is InChI=1S/C10H16N2O2/c1-10(13,4-6-14-2)8-7-12-5-3-9(8)11/h3,5,7,13H,4,6H2,1-2H3,(H2,11,12). The van der Waals surface area contributed by atoms with Gasteiger partial charge >= 0.3 is 0 Å². The van der Waals surface area contributed by atoms with Gasteiger partial charge in [0.25, 0.3) is 0 Å². The molecular formula is C10H16N2O2. The Morgan fingerprint density at radius 1 is 1.64 bits per heavy atom. The van der Waals surface area contributed by atoms with Gasteiger partial charge in [0.2, 0.25) is 0 Å². The molecule has 1 aromatic rings. The number of nitrogens with zero attached hydrogens (tertiary/aromatic N) is 1. The van der Waals surface area contributed by atoms with Crippen LogP contribution in [0.2, 0.25) is 0 Å². The van der Waals surface area contributed by atoms with E-state index in [2.05, 4.69) is 4.98 Å². The maximum Gasteiger partial charge on any atom is 0.0925 e. The van der Waals surface area contributed by atoms with Crippen molar-refractivity contribution in [3.63, 3.8) is 0 Å². The lowest BCUT2D eigenvalue weighted by Gasteiger charge is -2.24. The summed E-state index contributed by atoms with van der Waals surface area (Å²) >= 11 is 0. The van der Waals surface area contributed by atoms with Crippen molar-refractivity contribution in [2.75, 3.05) is 19.5 Å². The number of aliphatic hydroxyl groups is 1. The van der Waals surface area contributed by atoms with Crippen molar-refractivity contribution >= 4 is 5.69 Å². The van der Waals surface area contributed by atoms with Crippen LogP contribution in [0.25, 0.3) is 0 Å². The number of hydrogen-bond donors (Lipinski definition) is 2. The van der Waals surface area contributed by atoms with Crippen LogP contribution in [0.5, 0.6) is 0 Å². The van der Waals surface area contributed by atoms with E-state index in [-0.39, 0.29) is 0 Å². The molecule has 0 radical (unpaired) electrons. The second-order valence-corrected chi connectivity index (χ2v) is 3.48. The Morgan fingerprint density at radius 2 is 2.36 bits per heavy atom. The highest BCUT2D eigenvalue weighted by atomic mass is 16.5. The fraction of sp³-hybridized carbons (Fsp3) is 0.500. The second-order valence-electron chi connectivity index (χ2n) is 3.48. The van der Waals surface area contributed by atoms with Gasteiger partial charge in [0.15, 0.2) is 0 Å². The van der Waals surface area contributed by atoms with Gasteiger partial charge in [0.05, 0.1) is 5.60 Å². The summed E-state index contributed by atoms with van der Waals surface area (Å²) in [6.07, 6.45) is 3.69. The van der Waals surface area contributed by atoms with Crippen molar-refractivity contribution in [1.29, 1.82) is 0 Å². The summed E-state index contributed by atoms with van der Waals surface area (Å²) in [4.78, 5) is 3.94. The molecule has 78 valence electrons. The van der Waals surface area contributed by atoms with Gasteiger partial charge in [-0.25, -0.2) is 0 Å². The zero-order valence-electron chi connectivity index (χ0n) is 8.53. The number of ether oxygens (including phenoxy) is 1. The molecule has 4 heteroatoms. The number of hydrogen-bond acceptors (Lipinski definition) is 4. The lowest BCUT2D eigenvalue weighted by Crippen LogP contribution is -2.24. The van der Waals surface area contributed by atoms with Crippen LogP contribution in [0.4, 0.5) is 5.69 Å². The lowest BCUT2D eigenvalue weighted by molar-refractivity contribution is 0.0214. The first-order chi connectivity index (χ1) is 6.58. The van der Waals surface area contributed by atoms with Crippen molar-refractivity contribution < 1.29 is 9.84 Å². The zero-order valence-corrected chi connectivity index (χ0v) is 8.53. The minimum absolute atomic E-state index is 0.487. The van der Waals surface area contributed by atoms with E-state index >= 15 is 0 Å². The molecule has 0 saturated heterocycles. The lowest BCUT2D eigenvalue weighted by atomic mass is 9.93. The Balaban J connectivity index is 2.86. The van der Waals surface area contributed by atoms with Crippen LogP contribution in [-0.2, 0) is 10.3 Å². The fourth-order valence-electron chi connectivity index (χ4n) is 1.29. The monoisotopic (exact) mass is 196 g/mol. The average Bonchev–Trinajstić information content (AvgIpc) is 2.15. The maximum atomic E-state index is 10.1. The van der Waals surface area contributed by atoms with Crippen LogP contribution in [0.15, 0.2) is 18.5 Å². The molecule has 1 unspecified atom stereocenters. The highest BCUT2D eigenvalue weighted by Gasteiger charge is 2.25. The molecule has 1 atom stereocenters. The number of aromatic nitrogens is 1. The molecule has 0 aliphatic heterocycles. The molecule has 0 spiro atoms. The van der Waals surface area contributed by atoms with E-state index < -0.39 is 5.60 Å². The van der Waals surface area contributed by atoms with Crippen LogP contribution >= 0.6 is 0 Å². The highest BCUT2D eigenvalue weighted by molar-refractivity contribution is 5.47. The van der Waals surface area contributed by atoms with Crippen LogP contribution in [0, 0.1) is 0 Å². The van der Waals surface area contributed by atoms with Gasteiger partial charge in [-0.15, -0.1) is 0 Å².